The zero-order valence-corrected chi connectivity index (χ0v) is 16.4. The number of nitrogens with zero attached hydrogens (tertiary/aromatic N) is 4. The van der Waals surface area contributed by atoms with Gasteiger partial charge < -0.3 is 9.72 Å². The fourth-order valence-electron chi connectivity index (χ4n) is 2.88. The molecule has 6 nitrogen and oxygen atoms in total. The summed E-state index contributed by atoms with van der Waals surface area (Å²) in [4.78, 5) is 25.5. The predicted molar refractivity (Wildman–Crippen MR) is 111 cm³/mol. The molecule has 3 aromatic heterocycles. The van der Waals surface area contributed by atoms with Crippen LogP contribution in [-0.2, 0) is 4.79 Å². The zero-order chi connectivity index (χ0) is 19.5. The maximum Gasteiger partial charge on any atom is 0.234 e. The Morgan fingerprint density at radius 3 is 2.50 bits per heavy atom. The van der Waals surface area contributed by atoms with Crippen LogP contribution in [0.2, 0.25) is 0 Å². The lowest BCUT2D eigenvalue weighted by atomic mass is 10.1. The Bertz CT molecular complexity index is 1080. The first-order valence-corrected chi connectivity index (χ1v) is 9.84. The molecule has 3 heterocycles. The second-order valence-corrected chi connectivity index (χ2v) is 7.38. The summed E-state index contributed by atoms with van der Waals surface area (Å²) in [6.45, 7) is 3.84. The molecule has 1 aromatic carbocycles. The number of nitrogens with one attached hydrogen (secondary N) is 1. The minimum atomic E-state index is -0.0896. The summed E-state index contributed by atoms with van der Waals surface area (Å²) in [7, 11) is 0. The molecule has 0 saturated carbocycles. The van der Waals surface area contributed by atoms with Gasteiger partial charge in [-0.3, -0.25) is 4.79 Å². The molecule has 0 aliphatic rings. The lowest BCUT2D eigenvalue weighted by Crippen LogP contribution is -2.14. The van der Waals surface area contributed by atoms with Gasteiger partial charge in [0.2, 0.25) is 5.91 Å². The third kappa shape index (κ3) is 4.20. The van der Waals surface area contributed by atoms with Crippen molar-refractivity contribution in [2.45, 2.75) is 19.0 Å². The number of carbonyl (C=O) groups excluding carboxylic acids is 1. The number of aryl methyl sites for hydroxylation is 2. The molecule has 0 atom stereocenters. The highest BCUT2D eigenvalue weighted by molar-refractivity contribution is 7.99. The molecule has 4 aromatic rings. The number of carbonyl (C=O) groups is 1. The molecule has 28 heavy (non-hydrogen) atoms. The van der Waals surface area contributed by atoms with Crippen molar-refractivity contribution in [3.8, 4) is 11.3 Å². The SMILES string of the molecule is Cc1cc(C)nc(SCC(=O)Nc2ccc(-c3cn4ccccc4n3)cc2)n1. The van der Waals surface area contributed by atoms with Gasteiger partial charge in [-0.15, -0.1) is 0 Å². The highest BCUT2D eigenvalue weighted by atomic mass is 32.2. The van der Waals surface area contributed by atoms with E-state index in [0.29, 0.717) is 5.16 Å². The predicted octanol–water partition coefficient (Wildman–Crippen LogP) is 4.14. The van der Waals surface area contributed by atoms with E-state index in [1.165, 1.54) is 11.8 Å². The van der Waals surface area contributed by atoms with Gasteiger partial charge in [0.05, 0.1) is 11.4 Å². The van der Waals surface area contributed by atoms with Gasteiger partial charge in [-0.25, -0.2) is 15.0 Å². The Balaban J connectivity index is 1.39. The number of thioether (sulfide) groups is 1. The topological polar surface area (TPSA) is 72.2 Å². The van der Waals surface area contributed by atoms with Crippen LogP contribution in [0.5, 0.6) is 0 Å². The molecule has 0 aliphatic carbocycles. The molecular formula is C21H19N5OS. The maximum absolute atomic E-state index is 12.2. The van der Waals surface area contributed by atoms with Crippen LogP contribution in [0.1, 0.15) is 11.4 Å². The molecule has 0 radical (unpaired) electrons. The lowest BCUT2D eigenvalue weighted by Gasteiger charge is -2.06. The minimum Gasteiger partial charge on any atom is -0.325 e. The molecule has 0 fully saturated rings. The van der Waals surface area contributed by atoms with Crippen molar-refractivity contribution in [3.63, 3.8) is 0 Å². The summed E-state index contributed by atoms with van der Waals surface area (Å²) in [6.07, 6.45) is 3.96. The van der Waals surface area contributed by atoms with Crippen molar-refractivity contribution in [1.29, 1.82) is 0 Å². The van der Waals surface area contributed by atoms with Crippen molar-refractivity contribution in [3.05, 3.63) is 72.3 Å². The molecule has 140 valence electrons. The van der Waals surface area contributed by atoms with E-state index in [0.717, 1.165) is 34.0 Å². The summed E-state index contributed by atoms with van der Waals surface area (Å²) in [5.41, 5.74) is 5.35. The lowest BCUT2D eigenvalue weighted by molar-refractivity contribution is -0.113. The van der Waals surface area contributed by atoms with Gasteiger partial charge in [0.15, 0.2) is 5.16 Å². The van der Waals surface area contributed by atoms with Gasteiger partial charge in [0, 0.05) is 35.0 Å². The number of amides is 1. The third-order valence-corrected chi connectivity index (χ3v) is 4.97. The molecule has 7 heteroatoms. The molecule has 0 spiro atoms. The zero-order valence-electron chi connectivity index (χ0n) is 15.6. The first-order chi connectivity index (χ1) is 13.6. The van der Waals surface area contributed by atoms with Crippen LogP contribution >= 0.6 is 11.8 Å². The monoisotopic (exact) mass is 389 g/mol. The molecule has 4 rings (SSSR count). The molecular weight excluding hydrogens is 370 g/mol. The molecule has 0 bridgehead atoms. The van der Waals surface area contributed by atoms with E-state index in [9.17, 15) is 4.79 Å². The van der Waals surface area contributed by atoms with Crippen LogP contribution in [0, 0.1) is 13.8 Å². The largest absolute Gasteiger partial charge is 0.325 e. The molecule has 1 N–H and O–H groups in total. The number of hydrogen-bond donors (Lipinski definition) is 1. The van der Waals surface area contributed by atoms with Crippen molar-refractivity contribution >= 4 is 29.0 Å². The summed E-state index contributed by atoms with van der Waals surface area (Å²) in [5.74, 6) is 0.171. The van der Waals surface area contributed by atoms with E-state index in [4.69, 9.17) is 0 Å². The van der Waals surface area contributed by atoms with Gasteiger partial charge in [0.25, 0.3) is 0 Å². The van der Waals surface area contributed by atoms with Gasteiger partial charge in [-0.05, 0) is 44.2 Å². The maximum atomic E-state index is 12.2. The Morgan fingerprint density at radius 2 is 1.79 bits per heavy atom. The van der Waals surface area contributed by atoms with Crippen molar-refractivity contribution < 1.29 is 4.79 Å². The van der Waals surface area contributed by atoms with E-state index in [-0.39, 0.29) is 11.7 Å². The number of pyridine rings is 1. The summed E-state index contributed by atoms with van der Waals surface area (Å²) >= 11 is 1.33. The first-order valence-electron chi connectivity index (χ1n) is 8.86. The third-order valence-electron chi connectivity index (χ3n) is 4.12. The van der Waals surface area contributed by atoms with Gasteiger partial charge in [-0.2, -0.15) is 0 Å². The second-order valence-electron chi connectivity index (χ2n) is 6.44. The van der Waals surface area contributed by atoms with E-state index in [1.807, 2.05) is 79.2 Å². The number of benzene rings is 1. The number of fused-ring (bicyclic) bond motifs is 1. The number of rotatable bonds is 5. The van der Waals surface area contributed by atoms with Crippen molar-refractivity contribution in [2.24, 2.45) is 0 Å². The second kappa shape index (κ2) is 7.82. The van der Waals surface area contributed by atoms with Crippen molar-refractivity contribution in [2.75, 3.05) is 11.1 Å². The molecule has 1 amide bonds. The number of imidazole rings is 1. The fraction of sp³-hybridized carbons (Fsp3) is 0.143. The summed E-state index contributed by atoms with van der Waals surface area (Å²) in [5, 5.41) is 3.53. The van der Waals surface area contributed by atoms with Crippen LogP contribution < -0.4 is 5.32 Å². The average molecular weight is 389 g/mol. The van der Waals surface area contributed by atoms with E-state index in [1.54, 1.807) is 0 Å². The Kier molecular flexibility index (Phi) is 5.08. The van der Waals surface area contributed by atoms with Crippen LogP contribution in [0.4, 0.5) is 5.69 Å². The van der Waals surface area contributed by atoms with E-state index in [2.05, 4.69) is 20.3 Å². The van der Waals surface area contributed by atoms with Crippen molar-refractivity contribution in [1.82, 2.24) is 19.4 Å². The number of anilines is 1. The molecule has 0 saturated heterocycles. The highest BCUT2D eigenvalue weighted by Crippen LogP contribution is 2.22. The molecule has 0 unspecified atom stereocenters. The summed E-state index contributed by atoms with van der Waals surface area (Å²) < 4.78 is 1.98. The van der Waals surface area contributed by atoms with E-state index < -0.39 is 0 Å². The summed E-state index contributed by atoms with van der Waals surface area (Å²) in [6, 6.07) is 15.5. The fourth-order valence-corrected chi connectivity index (χ4v) is 3.63. The van der Waals surface area contributed by atoms with Crippen LogP contribution in [-0.4, -0.2) is 31.0 Å². The quantitative estimate of drug-likeness (QED) is 0.410. The Labute approximate surface area is 167 Å². The average Bonchev–Trinajstić information content (AvgIpc) is 3.10. The van der Waals surface area contributed by atoms with Gasteiger partial charge in [0.1, 0.15) is 5.65 Å². The molecule has 0 aliphatic heterocycles. The Hall–Kier alpha value is -3.19. The van der Waals surface area contributed by atoms with Crippen LogP contribution in [0.15, 0.2) is 66.1 Å². The number of aromatic nitrogens is 4. The van der Waals surface area contributed by atoms with Gasteiger partial charge in [-0.1, -0.05) is 30.0 Å². The highest BCUT2D eigenvalue weighted by Gasteiger charge is 2.08. The van der Waals surface area contributed by atoms with E-state index >= 15 is 0 Å². The Morgan fingerprint density at radius 1 is 1.04 bits per heavy atom. The minimum absolute atomic E-state index is 0.0896. The van der Waals surface area contributed by atoms with Gasteiger partial charge >= 0.3 is 0 Å². The smallest absolute Gasteiger partial charge is 0.234 e. The normalized spacial score (nSPS) is 10.9. The first kappa shape index (κ1) is 18.2. The van der Waals surface area contributed by atoms with Crippen LogP contribution in [0.25, 0.3) is 16.9 Å². The number of hydrogen-bond acceptors (Lipinski definition) is 5. The standard InChI is InChI=1S/C21H19N5OS/c1-14-11-15(2)23-21(22-14)28-13-20(27)24-17-8-6-16(7-9-17)18-12-26-10-4-3-5-19(26)25-18/h3-12H,13H2,1-2H3,(H,24,27). The van der Waals surface area contributed by atoms with Crippen LogP contribution in [0.3, 0.4) is 0 Å².